The fraction of sp³-hybridized carbons (Fsp3) is 0.429. The minimum atomic E-state index is 0.240. The Bertz CT molecular complexity index is 889. The zero-order valence-electron chi connectivity index (χ0n) is 15.5. The molecule has 2 aliphatic carbocycles. The van der Waals surface area contributed by atoms with E-state index in [0.717, 1.165) is 27.7 Å². The van der Waals surface area contributed by atoms with Crippen LogP contribution in [-0.2, 0) is 0 Å². The lowest BCUT2D eigenvalue weighted by atomic mass is 9.95. The number of fused-ring (bicyclic) bond motifs is 2. The molecule has 3 atom stereocenters. The van der Waals surface area contributed by atoms with E-state index >= 15 is 0 Å². The third-order valence-corrected chi connectivity index (χ3v) is 5.97. The molecule has 0 N–H and O–H groups in total. The van der Waals surface area contributed by atoms with Gasteiger partial charge in [0.2, 0.25) is 4.80 Å². The molecule has 5 heteroatoms. The number of rotatable bonds is 5. The fourth-order valence-corrected chi connectivity index (χ4v) is 4.80. The largest absolute Gasteiger partial charge is 0.497 e. The number of hydrogen-bond acceptors (Lipinski definition) is 4. The van der Waals surface area contributed by atoms with E-state index in [2.05, 4.69) is 49.7 Å². The minimum Gasteiger partial charge on any atom is -0.497 e. The average molecular weight is 368 g/mol. The third-order valence-electron chi connectivity index (χ3n) is 5.14. The van der Waals surface area contributed by atoms with Crippen molar-refractivity contribution in [2.75, 3.05) is 7.11 Å². The van der Waals surface area contributed by atoms with Gasteiger partial charge < -0.3 is 4.74 Å². The van der Waals surface area contributed by atoms with Crippen LogP contribution in [0.4, 0.5) is 0 Å². The molecule has 1 saturated carbocycles. The van der Waals surface area contributed by atoms with Gasteiger partial charge in [0, 0.05) is 29.1 Å². The lowest BCUT2D eigenvalue weighted by molar-refractivity contribution is 0.415. The minimum absolute atomic E-state index is 0.240. The predicted octanol–water partition coefficient (Wildman–Crippen LogP) is 4.58. The Labute approximate surface area is 158 Å². The Morgan fingerprint density at radius 2 is 2.00 bits per heavy atom. The van der Waals surface area contributed by atoms with E-state index in [0.29, 0.717) is 11.8 Å². The van der Waals surface area contributed by atoms with Crippen LogP contribution in [0.1, 0.15) is 26.7 Å². The van der Waals surface area contributed by atoms with Crippen LogP contribution >= 0.6 is 11.3 Å². The summed E-state index contributed by atoms with van der Waals surface area (Å²) >= 11 is 1.64. The van der Waals surface area contributed by atoms with E-state index in [1.165, 1.54) is 12.8 Å². The molecule has 1 aromatic heterocycles. The Morgan fingerprint density at radius 1 is 1.19 bits per heavy atom. The highest BCUT2D eigenvalue weighted by Gasteiger charge is 2.34. The molecule has 0 spiro atoms. The highest BCUT2D eigenvalue weighted by Crippen LogP contribution is 2.42. The first kappa shape index (κ1) is 17.3. The van der Waals surface area contributed by atoms with Crippen molar-refractivity contribution in [1.82, 2.24) is 4.68 Å². The number of benzene rings is 1. The summed E-state index contributed by atoms with van der Waals surface area (Å²) in [6, 6.07) is 8.37. The second-order valence-electron chi connectivity index (χ2n) is 7.38. The zero-order valence-corrected chi connectivity index (χ0v) is 16.3. The fourth-order valence-electron chi connectivity index (χ4n) is 3.83. The molecule has 4 rings (SSSR count). The number of nitrogens with zero attached hydrogens (tertiary/aromatic N) is 3. The van der Waals surface area contributed by atoms with Crippen molar-refractivity contribution < 1.29 is 4.74 Å². The van der Waals surface area contributed by atoms with Gasteiger partial charge in [0.05, 0.1) is 12.8 Å². The van der Waals surface area contributed by atoms with Crippen LogP contribution in [-0.4, -0.2) is 24.0 Å². The predicted molar refractivity (Wildman–Crippen MR) is 108 cm³/mol. The highest BCUT2D eigenvalue weighted by atomic mass is 32.1. The summed E-state index contributed by atoms with van der Waals surface area (Å²) in [5.41, 5.74) is 2.20. The van der Waals surface area contributed by atoms with E-state index in [1.807, 2.05) is 16.8 Å². The normalized spacial score (nSPS) is 25.1. The van der Waals surface area contributed by atoms with Crippen LogP contribution in [0, 0.1) is 17.8 Å². The van der Waals surface area contributed by atoms with Crippen molar-refractivity contribution in [2.24, 2.45) is 27.8 Å². The quantitative estimate of drug-likeness (QED) is 0.563. The van der Waals surface area contributed by atoms with Crippen LogP contribution in [0.25, 0.3) is 11.3 Å². The van der Waals surface area contributed by atoms with Crippen molar-refractivity contribution in [3.63, 3.8) is 0 Å². The highest BCUT2D eigenvalue weighted by molar-refractivity contribution is 7.07. The SMILES string of the molecule is COc1ccc(-c2csc(=NC(C)C)n2N=CC2CC3C=CC2C3)cc1. The maximum atomic E-state index is 5.28. The number of hydrogen-bond donors (Lipinski definition) is 0. The molecule has 0 aliphatic heterocycles. The number of ether oxygens (including phenoxy) is 1. The molecule has 1 fully saturated rings. The van der Waals surface area contributed by atoms with E-state index < -0.39 is 0 Å². The Kier molecular flexibility index (Phi) is 4.81. The van der Waals surface area contributed by atoms with Gasteiger partial charge in [-0.25, -0.2) is 4.68 Å². The van der Waals surface area contributed by atoms with E-state index in [4.69, 9.17) is 14.8 Å². The lowest BCUT2D eigenvalue weighted by Gasteiger charge is -2.12. The molecule has 2 bridgehead atoms. The first-order chi connectivity index (χ1) is 12.6. The molecule has 1 heterocycles. The van der Waals surface area contributed by atoms with Gasteiger partial charge in [0.1, 0.15) is 5.75 Å². The standard InChI is InChI=1S/C21H25N3OS/c1-14(2)23-21-24(22-12-18-11-15-4-5-17(18)10-15)20(13-26-21)16-6-8-19(25-3)9-7-16/h4-9,12-15,17-18H,10-11H2,1-3H3. The molecular formula is C21H25N3OS. The number of thiazole rings is 1. The molecule has 136 valence electrons. The topological polar surface area (TPSA) is 38.9 Å². The van der Waals surface area contributed by atoms with Crippen LogP contribution in [0.15, 0.2) is 51.9 Å². The van der Waals surface area contributed by atoms with Crippen molar-refractivity contribution >= 4 is 17.6 Å². The van der Waals surface area contributed by atoms with Gasteiger partial charge in [-0.05, 0) is 62.8 Å². The van der Waals surface area contributed by atoms with E-state index in [9.17, 15) is 0 Å². The second kappa shape index (κ2) is 7.23. The summed E-state index contributed by atoms with van der Waals surface area (Å²) in [7, 11) is 1.69. The molecule has 1 aromatic carbocycles. The smallest absolute Gasteiger partial charge is 0.206 e. The maximum Gasteiger partial charge on any atom is 0.206 e. The number of methoxy groups -OCH3 is 1. The molecule has 3 unspecified atom stereocenters. The average Bonchev–Trinajstić information content (AvgIpc) is 3.35. The van der Waals surface area contributed by atoms with Crippen molar-refractivity contribution in [2.45, 2.75) is 32.7 Å². The van der Waals surface area contributed by atoms with Crippen LogP contribution in [0.2, 0.25) is 0 Å². The Balaban J connectivity index is 1.70. The van der Waals surface area contributed by atoms with Crippen molar-refractivity contribution in [3.8, 4) is 17.0 Å². The van der Waals surface area contributed by atoms with Gasteiger partial charge in [-0.15, -0.1) is 11.3 Å². The summed E-state index contributed by atoms with van der Waals surface area (Å²) in [5.74, 6) is 2.83. The van der Waals surface area contributed by atoms with Crippen LogP contribution < -0.4 is 9.54 Å². The summed E-state index contributed by atoms with van der Waals surface area (Å²) in [5, 5.41) is 7.02. The van der Waals surface area contributed by atoms with Gasteiger partial charge in [-0.3, -0.25) is 4.99 Å². The molecule has 0 radical (unpaired) electrons. The summed E-state index contributed by atoms with van der Waals surface area (Å²) in [6.07, 6.45) is 9.40. The first-order valence-electron chi connectivity index (χ1n) is 9.25. The maximum absolute atomic E-state index is 5.28. The van der Waals surface area contributed by atoms with E-state index in [1.54, 1.807) is 18.4 Å². The number of aromatic nitrogens is 1. The van der Waals surface area contributed by atoms with Gasteiger partial charge in [-0.1, -0.05) is 12.2 Å². The molecule has 26 heavy (non-hydrogen) atoms. The van der Waals surface area contributed by atoms with Crippen LogP contribution in [0.3, 0.4) is 0 Å². The van der Waals surface area contributed by atoms with Gasteiger partial charge in [0.15, 0.2) is 0 Å². The summed E-state index contributed by atoms with van der Waals surface area (Å²) < 4.78 is 7.28. The number of allylic oxidation sites excluding steroid dienone is 2. The Hall–Kier alpha value is -2.14. The summed E-state index contributed by atoms with van der Waals surface area (Å²) in [4.78, 5) is 5.71. The second-order valence-corrected chi connectivity index (χ2v) is 8.21. The Morgan fingerprint density at radius 3 is 2.62 bits per heavy atom. The lowest BCUT2D eigenvalue weighted by Crippen LogP contribution is -2.16. The van der Waals surface area contributed by atoms with Crippen molar-refractivity contribution in [3.05, 3.63) is 46.6 Å². The van der Waals surface area contributed by atoms with E-state index in [-0.39, 0.29) is 6.04 Å². The molecule has 0 amide bonds. The third kappa shape index (κ3) is 3.40. The zero-order chi connectivity index (χ0) is 18.1. The van der Waals surface area contributed by atoms with Crippen molar-refractivity contribution in [1.29, 1.82) is 0 Å². The first-order valence-corrected chi connectivity index (χ1v) is 10.1. The van der Waals surface area contributed by atoms with Crippen LogP contribution in [0.5, 0.6) is 5.75 Å². The molecule has 2 aromatic rings. The molecular weight excluding hydrogens is 342 g/mol. The molecule has 4 nitrogen and oxygen atoms in total. The van der Waals surface area contributed by atoms with Gasteiger partial charge >= 0.3 is 0 Å². The molecule has 0 saturated heterocycles. The van der Waals surface area contributed by atoms with Gasteiger partial charge in [-0.2, -0.15) is 5.10 Å². The monoisotopic (exact) mass is 367 g/mol. The summed E-state index contributed by atoms with van der Waals surface area (Å²) in [6.45, 7) is 4.20. The molecule has 2 aliphatic rings. The van der Waals surface area contributed by atoms with Gasteiger partial charge in [0.25, 0.3) is 0 Å².